The molecule has 1 N–H and O–H groups in total. The summed E-state index contributed by atoms with van der Waals surface area (Å²) in [5, 5.41) is 3.01. The van der Waals surface area contributed by atoms with Crippen LogP contribution >= 0.6 is 0 Å². The van der Waals surface area contributed by atoms with Crippen molar-refractivity contribution in [3.05, 3.63) is 65.0 Å². The average Bonchev–Trinajstić information content (AvgIpc) is 2.51. The first kappa shape index (κ1) is 17.2. The van der Waals surface area contributed by atoms with Crippen LogP contribution in [-0.4, -0.2) is 24.4 Å². The fourth-order valence-electron chi connectivity index (χ4n) is 2.58. The van der Waals surface area contributed by atoms with Gasteiger partial charge in [0.1, 0.15) is 5.82 Å². The predicted octanol–water partition coefficient (Wildman–Crippen LogP) is 3.77. The van der Waals surface area contributed by atoms with Gasteiger partial charge in [0.05, 0.1) is 6.54 Å². The van der Waals surface area contributed by atoms with Crippen molar-refractivity contribution in [1.82, 2.24) is 4.90 Å². The molecule has 0 fully saturated rings. The Balaban J connectivity index is 1.95. The van der Waals surface area contributed by atoms with E-state index in [-0.39, 0.29) is 18.3 Å². The number of rotatable bonds is 6. The number of hydrogen-bond donors (Lipinski definition) is 1. The summed E-state index contributed by atoms with van der Waals surface area (Å²) in [6.07, 6.45) is 0.878. The summed E-state index contributed by atoms with van der Waals surface area (Å²) in [6.45, 7) is 4.96. The lowest BCUT2D eigenvalue weighted by Crippen LogP contribution is -2.30. The number of amides is 1. The van der Waals surface area contributed by atoms with Crippen LogP contribution < -0.4 is 5.32 Å². The molecule has 0 saturated heterocycles. The predicted molar refractivity (Wildman–Crippen MR) is 91.9 cm³/mol. The standard InChI is InChI=1S/C19H23FN2O/c1-4-16-7-5-6-14(2)19(16)21-18(23)13-22(3)12-15-8-10-17(20)11-9-15/h5-11H,4,12-13H2,1-3H3,(H,21,23). The van der Waals surface area contributed by atoms with Crippen molar-refractivity contribution < 1.29 is 9.18 Å². The Hall–Kier alpha value is -2.20. The lowest BCUT2D eigenvalue weighted by atomic mass is 10.1. The molecule has 2 aromatic carbocycles. The SMILES string of the molecule is CCc1cccc(C)c1NC(=O)CN(C)Cc1ccc(F)cc1. The van der Waals surface area contributed by atoms with Gasteiger partial charge in [-0.3, -0.25) is 9.69 Å². The summed E-state index contributed by atoms with van der Waals surface area (Å²) >= 11 is 0. The second-order valence-electron chi connectivity index (χ2n) is 5.81. The van der Waals surface area contributed by atoms with Gasteiger partial charge in [0.25, 0.3) is 0 Å². The molecular formula is C19H23FN2O. The first-order chi connectivity index (χ1) is 11.0. The highest BCUT2D eigenvalue weighted by molar-refractivity contribution is 5.93. The summed E-state index contributed by atoms with van der Waals surface area (Å²) in [5.41, 5.74) is 4.10. The number of halogens is 1. The Labute approximate surface area is 137 Å². The van der Waals surface area contributed by atoms with E-state index in [1.807, 2.05) is 37.1 Å². The van der Waals surface area contributed by atoms with Gasteiger partial charge >= 0.3 is 0 Å². The van der Waals surface area contributed by atoms with Gasteiger partial charge in [-0.25, -0.2) is 4.39 Å². The van der Waals surface area contributed by atoms with Gasteiger partial charge in [-0.1, -0.05) is 37.3 Å². The number of para-hydroxylation sites is 1. The Bertz CT molecular complexity index is 668. The van der Waals surface area contributed by atoms with E-state index in [0.29, 0.717) is 6.54 Å². The van der Waals surface area contributed by atoms with E-state index in [2.05, 4.69) is 12.2 Å². The maximum Gasteiger partial charge on any atom is 0.238 e. The third-order valence-electron chi connectivity index (χ3n) is 3.78. The highest BCUT2D eigenvalue weighted by Gasteiger charge is 2.11. The molecule has 0 aliphatic rings. The van der Waals surface area contributed by atoms with Crippen molar-refractivity contribution in [2.75, 3.05) is 18.9 Å². The number of benzene rings is 2. The number of nitrogens with zero attached hydrogens (tertiary/aromatic N) is 1. The van der Waals surface area contributed by atoms with Gasteiger partial charge in [0.2, 0.25) is 5.91 Å². The van der Waals surface area contributed by atoms with Gasteiger partial charge in [-0.15, -0.1) is 0 Å². The molecule has 0 aliphatic heterocycles. The van der Waals surface area contributed by atoms with E-state index < -0.39 is 0 Å². The minimum absolute atomic E-state index is 0.0430. The molecule has 0 atom stereocenters. The van der Waals surface area contributed by atoms with Crippen LogP contribution in [0.2, 0.25) is 0 Å². The molecular weight excluding hydrogens is 291 g/mol. The second kappa shape index (κ2) is 7.88. The molecule has 0 unspecified atom stereocenters. The van der Waals surface area contributed by atoms with Crippen molar-refractivity contribution in [1.29, 1.82) is 0 Å². The first-order valence-electron chi connectivity index (χ1n) is 7.81. The molecule has 2 rings (SSSR count). The quantitative estimate of drug-likeness (QED) is 0.880. The molecule has 3 nitrogen and oxygen atoms in total. The molecule has 0 radical (unpaired) electrons. The van der Waals surface area contributed by atoms with Crippen LogP contribution in [0.3, 0.4) is 0 Å². The number of likely N-dealkylation sites (N-methyl/N-ethyl adjacent to an activating group) is 1. The highest BCUT2D eigenvalue weighted by Crippen LogP contribution is 2.21. The summed E-state index contributed by atoms with van der Waals surface area (Å²) in [5.74, 6) is -0.292. The number of hydrogen-bond acceptors (Lipinski definition) is 2. The minimum Gasteiger partial charge on any atom is -0.324 e. The van der Waals surface area contributed by atoms with Crippen molar-refractivity contribution in [2.24, 2.45) is 0 Å². The highest BCUT2D eigenvalue weighted by atomic mass is 19.1. The van der Waals surface area contributed by atoms with E-state index in [1.54, 1.807) is 12.1 Å². The van der Waals surface area contributed by atoms with Crippen LogP contribution in [0.25, 0.3) is 0 Å². The molecule has 23 heavy (non-hydrogen) atoms. The summed E-state index contributed by atoms with van der Waals surface area (Å²) in [6, 6.07) is 12.4. The van der Waals surface area contributed by atoms with E-state index in [0.717, 1.165) is 28.8 Å². The molecule has 0 heterocycles. The minimum atomic E-state index is -0.249. The van der Waals surface area contributed by atoms with Crippen molar-refractivity contribution in [2.45, 2.75) is 26.8 Å². The zero-order chi connectivity index (χ0) is 16.8. The van der Waals surface area contributed by atoms with Crippen LogP contribution in [0.5, 0.6) is 0 Å². The van der Waals surface area contributed by atoms with Crippen LogP contribution in [0, 0.1) is 12.7 Å². The van der Waals surface area contributed by atoms with Crippen LogP contribution in [0.15, 0.2) is 42.5 Å². The number of carbonyl (C=O) groups excluding carboxylic acids is 1. The Kier molecular flexibility index (Phi) is 5.88. The molecule has 0 aliphatic carbocycles. The number of aryl methyl sites for hydroxylation is 2. The lowest BCUT2D eigenvalue weighted by Gasteiger charge is -2.18. The molecule has 1 amide bonds. The molecule has 0 bridgehead atoms. The monoisotopic (exact) mass is 314 g/mol. The van der Waals surface area contributed by atoms with Crippen LogP contribution in [0.4, 0.5) is 10.1 Å². The van der Waals surface area contributed by atoms with Crippen LogP contribution in [-0.2, 0) is 17.8 Å². The number of anilines is 1. The van der Waals surface area contributed by atoms with E-state index >= 15 is 0 Å². The van der Waals surface area contributed by atoms with Crippen molar-refractivity contribution in [3.8, 4) is 0 Å². The van der Waals surface area contributed by atoms with Crippen molar-refractivity contribution >= 4 is 11.6 Å². The Morgan fingerprint density at radius 2 is 1.87 bits per heavy atom. The van der Waals surface area contributed by atoms with Gasteiger partial charge < -0.3 is 5.32 Å². The largest absolute Gasteiger partial charge is 0.324 e. The van der Waals surface area contributed by atoms with Gasteiger partial charge in [0, 0.05) is 12.2 Å². The molecule has 122 valence electrons. The van der Waals surface area contributed by atoms with E-state index in [9.17, 15) is 9.18 Å². The zero-order valence-electron chi connectivity index (χ0n) is 13.9. The van der Waals surface area contributed by atoms with Crippen LogP contribution in [0.1, 0.15) is 23.6 Å². The van der Waals surface area contributed by atoms with Crippen molar-refractivity contribution in [3.63, 3.8) is 0 Å². The normalized spacial score (nSPS) is 10.8. The topological polar surface area (TPSA) is 32.3 Å². The third kappa shape index (κ3) is 4.89. The second-order valence-corrected chi connectivity index (χ2v) is 5.81. The number of nitrogens with one attached hydrogen (secondary N) is 1. The zero-order valence-corrected chi connectivity index (χ0v) is 13.9. The summed E-state index contributed by atoms with van der Waals surface area (Å²) in [4.78, 5) is 14.2. The molecule has 0 saturated carbocycles. The van der Waals surface area contributed by atoms with Gasteiger partial charge in [0.15, 0.2) is 0 Å². The molecule has 2 aromatic rings. The smallest absolute Gasteiger partial charge is 0.238 e. The Morgan fingerprint density at radius 3 is 2.52 bits per heavy atom. The maximum atomic E-state index is 12.9. The number of carbonyl (C=O) groups is 1. The fourth-order valence-corrected chi connectivity index (χ4v) is 2.58. The summed E-state index contributed by atoms with van der Waals surface area (Å²) in [7, 11) is 1.88. The fraction of sp³-hybridized carbons (Fsp3) is 0.316. The van der Waals surface area contributed by atoms with Gasteiger partial charge in [-0.05, 0) is 49.2 Å². The first-order valence-corrected chi connectivity index (χ1v) is 7.81. The molecule has 0 spiro atoms. The average molecular weight is 314 g/mol. The Morgan fingerprint density at radius 1 is 1.17 bits per heavy atom. The van der Waals surface area contributed by atoms with Gasteiger partial charge in [-0.2, -0.15) is 0 Å². The van der Waals surface area contributed by atoms with E-state index in [4.69, 9.17) is 0 Å². The lowest BCUT2D eigenvalue weighted by molar-refractivity contribution is -0.117. The van der Waals surface area contributed by atoms with E-state index in [1.165, 1.54) is 12.1 Å². The maximum absolute atomic E-state index is 12.9. The molecule has 0 aromatic heterocycles. The summed E-state index contributed by atoms with van der Waals surface area (Å²) < 4.78 is 12.9. The third-order valence-corrected chi connectivity index (χ3v) is 3.78. The molecule has 4 heteroatoms.